The number of rotatable bonds is 4. The summed E-state index contributed by atoms with van der Waals surface area (Å²) in [7, 11) is 0. The number of carboxylic acids is 1. The SMILES string of the molecule is CC(C)=CC(=O)N1[C@@H](C(=O)O)COC12CCN(Cc1ccccc1)CC2. The smallest absolute Gasteiger partial charge is 0.328 e. The number of hydrogen-bond acceptors (Lipinski definition) is 4. The maximum absolute atomic E-state index is 12.7. The molecule has 1 aromatic rings. The number of hydrogen-bond donors (Lipinski definition) is 1. The molecule has 6 nitrogen and oxygen atoms in total. The summed E-state index contributed by atoms with van der Waals surface area (Å²) in [6, 6.07) is 9.33. The van der Waals surface area contributed by atoms with E-state index in [2.05, 4.69) is 17.0 Å². The molecule has 1 atom stereocenters. The second-order valence-corrected chi connectivity index (χ2v) is 7.30. The normalized spacial score (nSPS) is 22.4. The zero-order valence-electron chi connectivity index (χ0n) is 15.4. The van der Waals surface area contributed by atoms with Gasteiger partial charge in [-0.2, -0.15) is 0 Å². The highest BCUT2D eigenvalue weighted by Crippen LogP contribution is 2.38. The summed E-state index contributed by atoms with van der Waals surface area (Å²) in [5, 5.41) is 9.52. The summed E-state index contributed by atoms with van der Waals surface area (Å²) in [6.07, 6.45) is 2.74. The molecule has 0 unspecified atom stereocenters. The maximum atomic E-state index is 12.7. The van der Waals surface area contributed by atoms with Crippen LogP contribution < -0.4 is 0 Å². The van der Waals surface area contributed by atoms with Crippen molar-refractivity contribution >= 4 is 11.9 Å². The van der Waals surface area contributed by atoms with E-state index in [1.54, 1.807) is 0 Å². The van der Waals surface area contributed by atoms with Crippen LogP contribution in [0.15, 0.2) is 42.0 Å². The number of benzene rings is 1. The van der Waals surface area contributed by atoms with E-state index in [0.717, 1.165) is 25.2 Å². The van der Waals surface area contributed by atoms with Crippen molar-refractivity contribution in [3.8, 4) is 0 Å². The first-order valence-corrected chi connectivity index (χ1v) is 9.02. The van der Waals surface area contributed by atoms with Crippen LogP contribution in [-0.4, -0.2) is 58.2 Å². The number of carbonyl (C=O) groups is 2. The molecule has 1 spiro atoms. The van der Waals surface area contributed by atoms with Crippen LogP contribution in [0.1, 0.15) is 32.3 Å². The molecule has 2 saturated heterocycles. The quantitative estimate of drug-likeness (QED) is 0.836. The van der Waals surface area contributed by atoms with Crippen LogP contribution in [-0.2, 0) is 20.9 Å². The number of carboxylic acid groups (broad SMARTS) is 1. The third-order valence-corrected chi connectivity index (χ3v) is 5.08. The molecule has 140 valence electrons. The highest BCUT2D eigenvalue weighted by Gasteiger charge is 2.53. The summed E-state index contributed by atoms with van der Waals surface area (Å²) in [6.45, 7) is 6.09. The Hall–Kier alpha value is -2.18. The van der Waals surface area contributed by atoms with Gasteiger partial charge >= 0.3 is 5.97 Å². The van der Waals surface area contributed by atoms with E-state index in [9.17, 15) is 14.7 Å². The molecule has 3 rings (SSSR count). The minimum Gasteiger partial charge on any atom is -0.480 e. The second-order valence-electron chi connectivity index (χ2n) is 7.30. The van der Waals surface area contributed by atoms with Gasteiger partial charge in [0.05, 0.1) is 6.61 Å². The van der Waals surface area contributed by atoms with Crippen molar-refractivity contribution in [2.45, 2.75) is 45.0 Å². The molecule has 0 aliphatic carbocycles. The summed E-state index contributed by atoms with van der Waals surface area (Å²) in [5.41, 5.74) is 1.29. The van der Waals surface area contributed by atoms with Gasteiger partial charge in [0, 0.05) is 38.6 Å². The van der Waals surface area contributed by atoms with E-state index >= 15 is 0 Å². The molecule has 0 aromatic heterocycles. The lowest BCUT2D eigenvalue weighted by atomic mass is 9.97. The summed E-state index contributed by atoms with van der Waals surface area (Å²) >= 11 is 0. The standard InChI is InChI=1S/C20H26N2O4/c1-15(2)12-18(23)22-17(19(24)25)14-26-20(22)8-10-21(11-9-20)13-16-6-4-3-5-7-16/h3-7,12,17H,8-11,13-14H2,1-2H3,(H,24,25)/t17-/m1/s1. The Morgan fingerprint density at radius 2 is 1.88 bits per heavy atom. The van der Waals surface area contributed by atoms with Crippen LogP contribution >= 0.6 is 0 Å². The fourth-order valence-corrected chi connectivity index (χ4v) is 3.80. The molecule has 1 aromatic carbocycles. The van der Waals surface area contributed by atoms with Gasteiger partial charge in [-0.25, -0.2) is 4.79 Å². The van der Waals surface area contributed by atoms with Crippen molar-refractivity contribution < 1.29 is 19.4 Å². The van der Waals surface area contributed by atoms with Crippen molar-refractivity contribution in [2.75, 3.05) is 19.7 Å². The number of ether oxygens (including phenoxy) is 1. The first-order chi connectivity index (χ1) is 12.4. The van der Waals surface area contributed by atoms with Crippen LogP contribution in [0.2, 0.25) is 0 Å². The fraction of sp³-hybridized carbons (Fsp3) is 0.500. The number of allylic oxidation sites excluding steroid dienone is 1. The van der Waals surface area contributed by atoms with Crippen molar-refractivity contribution in [1.29, 1.82) is 0 Å². The third-order valence-electron chi connectivity index (χ3n) is 5.08. The molecule has 6 heteroatoms. The van der Waals surface area contributed by atoms with E-state index in [-0.39, 0.29) is 12.5 Å². The second kappa shape index (κ2) is 7.60. The average molecular weight is 358 g/mol. The lowest BCUT2D eigenvalue weighted by Crippen LogP contribution is -2.57. The summed E-state index contributed by atoms with van der Waals surface area (Å²) < 4.78 is 5.94. The first kappa shape index (κ1) is 18.6. The Kier molecular flexibility index (Phi) is 5.44. The highest BCUT2D eigenvalue weighted by atomic mass is 16.5. The van der Waals surface area contributed by atoms with Gasteiger partial charge in [-0.3, -0.25) is 14.6 Å². The lowest BCUT2D eigenvalue weighted by Gasteiger charge is -2.44. The molecule has 1 N–H and O–H groups in total. The van der Waals surface area contributed by atoms with Crippen molar-refractivity contribution in [3.05, 3.63) is 47.5 Å². The van der Waals surface area contributed by atoms with E-state index in [4.69, 9.17) is 4.74 Å². The van der Waals surface area contributed by atoms with E-state index in [0.29, 0.717) is 12.8 Å². The predicted octanol–water partition coefficient (Wildman–Crippen LogP) is 2.26. The Morgan fingerprint density at radius 1 is 1.23 bits per heavy atom. The highest BCUT2D eigenvalue weighted by molar-refractivity contribution is 5.92. The number of piperidine rings is 1. The molecule has 2 aliphatic heterocycles. The Balaban J connectivity index is 1.73. The van der Waals surface area contributed by atoms with Gasteiger partial charge in [-0.15, -0.1) is 0 Å². The monoisotopic (exact) mass is 358 g/mol. The van der Waals surface area contributed by atoms with Gasteiger partial charge in [-0.05, 0) is 19.4 Å². The van der Waals surface area contributed by atoms with Gasteiger partial charge in [0.1, 0.15) is 5.72 Å². The molecular formula is C20H26N2O4. The number of nitrogens with zero attached hydrogens (tertiary/aromatic N) is 2. The summed E-state index contributed by atoms with van der Waals surface area (Å²) in [5.74, 6) is -1.28. The fourth-order valence-electron chi connectivity index (χ4n) is 3.80. The van der Waals surface area contributed by atoms with Crippen LogP contribution in [0.4, 0.5) is 0 Å². The Labute approximate surface area is 154 Å². The summed E-state index contributed by atoms with van der Waals surface area (Å²) in [4.78, 5) is 28.1. The van der Waals surface area contributed by atoms with Gasteiger partial charge < -0.3 is 9.84 Å². The minimum atomic E-state index is -1.01. The van der Waals surface area contributed by atoms with Gasteiger partial charge in [0.2, 0.25) is 5.91 Å². The largest absolute Gasteiger partial charge is 0.480 e. The molecule has 1 amide bonds. The van der Waals surface area contributed by atoms with Crippen LogP contribution in [0, 0.1) is 0 Å². The first-order valence-electron chi connectivity index (χ1n) is 9.02. The molecule has 0 saturated carbocycles. The molecular weight excluding hydrogens is 332 g/mol. The lowest BCUT2D eigenvalue weighted by molar-refractivity contribution is -0.162. The van der Waals surface area contributed by atoms with Crippen LogP contribution in [0.25, 0.3) is 0 Å². The minimum absolute atomic E-state index is 0.0519. The topological polar surface area (TPSA) is 70.1 Å². The van der Waals surface area contributed by atoms with Gasteiger partial charge in [0.15, 0.2) is 6.04 Å². The predicted molar refractivity (Wildman–Crippen MR) is 97.3 cm³/mol. The van der Waals surface area contributed by atoms with Crippen molar-refractivity contribution in [1.82, 2.24) is 9.80 Å². The van der Waals surface area contributed by atoms with E-state index in [1.165, 1.54) is 16.5 Å². The Bertz CT molecular complexity index is 689. The molecule has 0 bridgehead atoms. The van der Waals surface area contributed by atoms with E-state index in [1.807, 2.05) is 32.0 Å². The Morgan fingerprint density at radius 3 is 2.46 bits per heavy atom. The van der Waals surface area contributed by atoms with Crippen molar-refractivity contribution in [3.63, 3.8) is 0 Å². The number of amides is 1. The van der Waals surface area contributed by atoms with Gasteiger partial charge in [0.25, 0.3) is 0 Å². The molecule has 2 heterocycles. The zero-order chi connectivity index (χ0) is 18.7. The van der Waals surface area contributed by atoms with Crippen LogP contribution in [0.5, 0.6) is 0 Å². The number of aliphatic carboxylic acids is 1. The maximum Gasteiger partial charge on any atom is 0.328 e. The zero-order valence-corrected chi connectivity index (χ0v) is 15.4. The van der Waals surface area contributed by atoms with Crippen molar-refractivity contribution in [2.24, 2.45) is 0 Å². The molecule has 0 radical (unpaired) electrons. The van der Waals surface area contributed by atoms with Crippen LogP contribution in [0.3, 0.4) is 0 Å². The molecule has 2 aliphatic rings. The number of carbonyl (C=O) groups excluding carboxylic acids is 1. The van der Waals surface area contributed by atoms with Gasteiger partial charge in [-0.1, -0.05) is 35.9 Å². The molecule has 26 heavy (non-hydrogen) atoms. The van der Waals surface area contributed by atoms with E-state index < -0.39 is 17.7 Å². The average Bonchev–Trinajstić information content (AvgIpc) is 2.97. The number of likely N-dealkylation sites (tertiary alicyclic amines) is 1. The molecule has 2 fully saturated rings. The third kappa shape index (κ3) is 3.81.